The van der Waals surface area contributed by atoms with Gasteiger partial charge in [-0.3, -0.25) is 4.98 Å². The van der Waals surface area contributed by atoms with Crippen LogP contribution >= 0.6 is 0 Å². The molecule has 4 rings (SSSR count). The van der Waals surface area contributed by atoms with E-state index in [1.807, 2.05) is 42.6 Å². The number of benzene rings is 2. The molecule has 0 fully saturated rings. The highest BCUT2D eigenvalue weighted by molar-refractivity contribution is 5.91. The Hall–Kier alpha value is -3.91. The topological polar surface area (TPSA) is 89.0 Å². The van der Waals surface area contributed by atoms with E-state index >= 15 is 0 Å². The molecule has 2 heterocycles. The van der Waals surface area contributed by atoms with Crippen LogP contribution in [0.5, 0.6) is 17.2 Å². The second kappa shape index (κ2) is 11.0. The molecule has 0 saturated carbocycles. The summed E-state index contributed by atoms with van der Waals surface area (Å²) in [6.07, 6.45) is 2.38. The number of esters is 1. The Bertz CT molecular complexity index is 1350. The maximum Gasteiger partial charge on any atom is 0.344 e. The first-order valence-electron chi connectivity index (χ1n) is 11.3. The summed E-state index contributed by atoms with van der Waals surface area (Å²) in [4.78, 5) is 21.2. The predicted molar refractivity (Wildman–Crippen MR) is 132 cm³/mol. The number of para-hydroxylation sites is 1. The fraction of sp³-hybridized carbons (Fsp3) is 0.296. The van der Waals surface area contributed by atoms with Crippen molar-refractivity contribution < 1.29 is 28.5 Å². The molecule has 0 amide bonds. The van der Waals surface area contributed by atoms with Crippen molar-refractivity contribution in [3.8, 4) is 17.2 Å². The van der Waals surface area contributed by atoms with Gasteiger partial charge in [-0.1, -0.05) is 18.2 Å². The lowest BCUT2D eigenvalue weighted by atomic mass is 10.00. The van der Waals surface area contributed by atoms with Crippen LogP contribution in [0.15, 0.2) is 48.7 Å². The normalized spacial score (nSPS) is 11.0. The molecule has 35 heavy (non-hydrogen) atoms. The minimum Gasteiger partial charge on any atom is -0.493 e. The zero-order chi connectivity index (χ0) is 24.8. The monoisotopic (exact) mass is 476 g/mol. The predicted octanol–water partition coefficient (Wildman–Crippen LogP) is 4.48. The zero-order valence-electron chi connectivity index (χ0n) is 20.3. The van der Waals surface area contributed by atoms with Gasteiger partial charge in [-0.25, -0.2) is 9.78 Å². The van der Waals surface area contributed by atoms with Gasteiger partial charge in [-0.15, -0.1) is 0 Å². The molecular formula is C27H28N2O6. The van der Waals surface area contributed by atoms with Crippen molar-refractivity contribution >= 4 is 27.6 Å². The van der Waals surface area contributed by atoms with Crippen LogP contribution in [0.3, 0.4) is 0 Å². The van der Waals surface area contributed by atoms with E-state index in [4.69, 9.17) is 28.7 Å². The molecule has 0 atom stereocenters. The van der Waals surface area contributed by atoms with Crippen LogP contribution in [-0.2, 0) is 27.3 Å². The van der Waals surface area contributed by atoms with Gasteiger partial charge in [0.1, 0.15) is 11.3 Å². The molecule has 0 aliphatic carbocycles. The quantitative estimate of drug-likeness (QED) is 0.310. The van der Waals surface area contributed by atoms with Crippen molar-refractivity contribution in [2.24, 2.45) is 0 Å². The second-order valence-corrected chi connectivity index (χ2v) is 7.82. The van der Waals surface area contributed by atoms with E-state index < -0.39 is 5.97 Å². The Balaban J connectivity index is 1.73. The van der Waals surface area contributed by atoms with Crippen LogP contribution in [0.4, 0.5) is 0 Å². The van der Waals surface area contributed by atoms with Gasteiger partial charge in [0.25, 0.3) is 0 Å². The second-order valence-electron chi connectivity index (χ2n) is 7.82. The van der Waals surface area contributed by atoms with Crippen LogP contribution in [0.1, 0.15) is 23.9 Å². The molecule has 0 bridgehead atoms. The van der Waals surface area contributed by atoms with Gasteiger partial charge >= 0.3 is 5.97 Å². The molecule has 0 N–H and O–H groups in total. The minimum absolute atomic E-state index is 0.171. The number of ether oxygens (including phenoxy) is 5. The third-order valence-corrected chi connectivity index (χ3v) is 5.60. The van der Waals surface area contributed by atoms with Crippen molar-refractivity contribution in [1.29, 1.82) is 0 Å². The third-order valence-electron chi connectivity index (χ3n) is 5.60. The Morgan fingerprint density at radius 1 is 0.943 bits per heavy atom. The van der Waals surface area contributed by atoms with Crippen molar-refractivity contribution in [1.82, 2.24) is 9.97 Å². The van der Waals surface area contributed by atoms with Crippen molar-refractivity contribution in [2.45, 2.75) is 20.0 Å². The molecule has 0 unspecified atom stereocenters. The van der Waals surface area contributed by atoms with Crippen molar-refractivity contribution in [2.75, 3.05) is 34.5 Å². The summed E-state index contributed by atoms with van der Waals surface area (Å²) >= 11 is 0. The number of hydrogen-bond acceptors (Lipinski definition) is 8. The Kier molecular flexibility index (Phi) is 7.62. The number of carbonyl (C=O) groups is 1. The van der Waals surface area contributed by atoms with Gasteiger partial charge in [-0.2, -0.15) is 0 Å². The van der Waals surface area contributed by atoms with Gasteiger partial charge in [-0.05, 0) is 42.1 Å². The number of pyridine rings is 2. The van der Waals surface area contributed by atoms with E-state index in [2.05, 4.69) is 4.98 Å². The number of hydrogen-bond donors (Lipinski definition) is 0. The Morgan fingerprint density at radius 3 is 2.43 bits per heavy atom. The molecule has 0 aliphatic heterocycles. The number of fused-ring (bicyclic) bond motifs is 2. The summed E-state index contributed by atoms with van der Waals surface area (Å²) in [6, 6.07) is 13.5. The molecule has 2 aromatic heterocycles. The summed E-state index contributed by atoms with van der Waals surface area (Å²) in [5, 5.41) is 2.83. The molecule has 182 valence electrons. The molecule has 0 aliphatic rings. The average Bonchev–Trinajstić information content (AvgIpc) is 2.88. The summed E-state index contributed by atoms with van der Waals surface area (Å²) in [7, 11) is 4.86. The fourth-order valence-corrected chi connectivity index (χ4v) is 3.98. The summed E-state index contributed by atoms with van der Waals surface area (Å²) in [5.41, 5.74) is 3.31. The molecule has 0 spiro atoms. The zero-order valence-corrected chi connectivity index (χ0v) is 20.3. The molecule has 4 aromatic rings. The fourth-order valence-electron chi connectivity index (χ4n) is 3.98. The highest BCUT2D eigenvalue weighted by Crippen LogP contribution is 2.35. The number of aromatic nitrogens is 2. The van der Waals surface area contributed by atoms with Gasteiger partial charge in [0.2, 0.25) is 0 Å². The van der Waals surface area contributed by atoms with E-state index in [1.54, 1.807) is 34.3 Å². The SMILES string of the molecule is CCOC(=O)COc1cccc2ccc(Cc3cnc(COC)c4cc(OC)c(OC)cc34)nc12. The van der Waals surface area contributed by atoms with E-state index in [0.29, 0.717) is 42.4 Å². The largest absolute Gasteiger partial charge is 0.493 e. The number of methoxy groups -OCH3 is 3. The Labute approximate surface area is 203 Å². The Morgan fingerprint density at radius 2 is 1.71 bits per heavy atom. The van der Waals surface area contributed by atoms with Crippen LogP contribution in [-0.4, -0.2) is 50.5 Å². The maximum atomic E-state index is 11.8. The van der Waals surface area contributed by atoms with Crippen LogP contribution in [0.2, 0.25) is 0 Å². The van der Waals surface area contributed by atoms with Crippen molar-refractivity contribution in [3.05, 3.63) is 65.6 Å². The highest BCUT2D eigenvalue weighted by atomic mass is 16.6. The average molecular weight is 477 g/mol. The molecule has 8 nitrogen and oxygen atoms in total. The number of nitrogens with zero attached hydrogens (tertiary/aromatic N) is 2. The first kappa shape index (κ1) is 24.2. The van der Waals surface area contributed by atoms with Gasteiger partial charge in [0, 0.05) is 36.2 Å². The highest BCUT2D eigenvalue weighted by Gasteiger charge is 2.15. The summed E-state index contributed by atoms with van der Waals surface area (Å²) in [6.45, 7) is 2.27. The first-order chi connectivity index (χ1) is 17.1. The van der Waals surface area contributed by atoms with E-state index in [1.165, 1.54) is 0 Å². The first-order valence-corrected chi connectivity index (χ1v) is 11.3. The molecule has 8 heteroatoms. The standard InChI is InChI=1S/C27H28N2O6/c1-5-34-26(30)16-35-23-8-6-7-17-9-10-19(29-27(17)23)11-18-14-28-22(15-31-2)21-13-25(33-4)24(32-3)12-20(18)21/h6-10,12-14H,5,11,15-16H2,1-4H3. The van der Waals surface area contributed by atoms with Crippen LogP contribution in [0.25, 0.3) is 21.7 Å². The van der Waals surface area contributed by atoms with Crippen LogP contribution in [0, 0.1) is 0 Å². The van der Waals surface area contributed by atoms with E-state index in [0.717, 1.165) is 33.1 Å². The number of rotatable bonds is 10. The summed E-state index contributed by atoms with van der Waals surface area (Å²) in [5.74, 6) is 1.38. The lowest BCUT2D eigenvalue weighted by Gasteiger charge is -2.15. The van der Waals surface area contributed by atoms with Crippen LogP contribution < -0.4 is 14.2 Å². The molecule has 0 radical (unpaired) electrons. The molecule has 0 saturated heterocycles. The van der Waals surface area contributed by atoms with Gasteiger partial charge in [0.05, 0.1) is 33.1 Å². The lowest BCUT2D eigenvalue weighted by Crippen LogP contribution is -2.14. The van der Waals surface area contributed by atoms with Gasteiger partial charge in [0.15, 0.2) is 18.1 Å². The lowest BCUT2D eigenvalue weighted by molar-refractivity contribution is -0.145. The minimum atomic E-state index is -0.418. The van der Waals surface area contributed by atoms with E-state index in [-0.39, 0.29) is 6.61 Å². The van der Waals surface area contributed by atoms with E-state index in [9.17, 15) is 4.79 Å². The summed E-state index contributed by atoms with van der Waals surface area (Å²) < 4.78 is 27.1. The smallest absolute Gasteiger partial charge is 0.344 e. The molecular weight excluding hydrogens is 448 g/mol. The third kappa shape index (κ3) is 5.27. The maximum absolute atomic E-state index is 11.8. The number of carbonyl (C=O) groups excluding carboxylic acids is 1. The van der Waals surface area contributed by atoms with Gasteiger partial charge < -0.3 is 23.7 Å². The van der Waals surface area contributed by atoms with Crippen molar-refractivity contribution in [3.63, 3.8) is 0 Å². The molecule has 2 aromatic carbocycles.